The summed E-state index contributed by atoms with van der Waals surface area (Å²) in [5.74, 6) is 0.0524. The molecule has 1 heterocycles. The van der Waals surface area contributed by atoms with Crippen molar-refractivity contribution >= 4 is 15.9 Å². The number of halogens is 3. The van der Waals surface area contributed by atoms with Crippen molar-refractivity contribution in [3.8, 4) is 5.75 Å². The molecule has 0 aliphatic rings. The lowest BCUT2D eigenvalue weighted by atomic mass is 9.96. The molecule has 106 valence electrons. The van der Waals surface area contributed by atoms with Crippen LogP contribution in [0.4, 0.5) is 8.78 Å². The Morgan fingerprint density at radius 2 is 2.21 bits per heavy atom. The van der Waals surface area contributed by atoms with Crippen LogP contribution in [0.1, 0.15) is 32.4 Å². The summed E-state index contributed by atoms with van der Waals surface area (Å²) in [5, 5.41) is 0. The zero-order valence-electron chi connectivity index (χ0n) is 10.9. The second kappa shape index (κ2) is 6.43. The summed E-state index contributed by atoms with van der Waals surface area (Å²) in [6, 6.07) is 3.00. The maximum atomic E-state index is 12.8. The lowest BCUT2D eigenvalue weighted by Crippen LogP contribution is -2.42. The van der Waals surface area contributed by atoms with Crippen LogP contribution in [-0.2, 0) is 0 Å². The van der Waals surface area contributed by atoms with Gasteiger partial charge in [0.25, 0.3) is 6.43 Å². The number of nitrogens with two attached hydrogens (primary N) is 1. The fourth-order valence-electron chi connectivity index (χ4n) is 1.70. The molecule has 0 aliphatic heterocycles. The Labute approximate surface area is 120 Å². The third-order valence-electron chi connectivity index (χ3n) is 2.32. The monoisotopic (exact) mass is 334 g/mol. The van der Waals surface area contributed by atoms with Crippen molar-refractivity contribution in [3.63, 3.8) is 0 Å². The molecule has 19 heavy (non-hydrogen) atoms. The molecule has 1 aromatic rings. The van der Waals surface area contributed by atoms with Gasteiger partial charge in [-0.25, -0.2) is 13.8 Å². The highest BCUT2D eigenvalue weighted by molar-refractivity contribution is 9.10. The first-order chi connectivity index (χ1) is 8.71. The zero-order valence-corrected chi connectivity index (χ0v) is 12.5. The highest BCUT2D eigenvalue weighted by Gasteiger charge is 2.22. The van der Waals surface area contributed by atoms with Crippen molar-refractivity contribution in [2.45, 2.75) is 32.2 Å². The van der Waals surface area contributed by atoms with Crippen LogP contribution in [0.3, 0.4) is 0 Å². The van der Waals surface area contributed by atoms with Crippen LogP contribution in [0, 0.1) is 0 Å². The van der Waals surface area contributed by atoms with E-state index in [1.807, 2.05) is 6.92 Å². The zero-order chi connectivity index (χ0) is 14.6. The van der Waals surface area contributed by atoms with E-state index >= 15 is 0 Å². The van der Waals surface area contributed by atoms with Gasteiger partial charge >= 0.3 is 0 Å². The van der Waals surface area contributed by atoms with Crippen molar-refractivity contribution in [1.29, 1.82) is 0 Å². The number of rotatable bonds is 6. The normalized spacial score (nSPS) is 14.3. The summed E-state index contributed by atoms with van der Waals surface area (Å²) in [4.78, 5) is 3.72. The summed E-state index contributed by atoms with van der Waals surface area (Å²) < 4.78 is 31.4. The van der Waals surface area contributed by atoms with Crippen LogP contribution in [-0.4, -0.2) is 17.1 Å². The van der Waals surface area contributed by atoms with E-state index in [0.717, 1.165) is 5.57 Å². The van der Waals surface area contributed by atoms with Crippen molar-refractivity contribution < 1.29 is 13.5 Å². The minimum Gasteiger partial charge on any atom is -0.490 e. The van der Waals surface area contributed by atoms with E-state index in [1.54, 1.807) is 13.0 Å². The topological polar surface area (TPSA) is 48.1 Å². The molecule has 0 fully saturated rings. The Bertz CT molecular complexity index is 464. The quantitative estimate of drug-likeness (QED) is 0.635. The minimum absolute atomic E-state index is 0.0524. The lowest BCUT2D eigenvalue weighted by Gasteiger charge is -2.25. The predicted molar refractivity (Wildman–Crippen MR) is 74.4 cm³/mol. The van der Waals surface area contributed by atoms with Gasteiger partial charge in [-0.15, -0.1) is 6.58 Å². The number of alkyl halides is 2. The fourth-order valence-corrected chi connectivity index (χ4v) is 2.02. The summed E-state index contributed by atoms with van der Waals surface area (Å²) in [6.45, 7) is 7.54. The number of hydrogen-bond acceptors (Lipinski definition) is 3. The molecule has 1 rings (SSSR count). The molecule has 1 aromatic heterocycles. The second-order valence-corrected chi connectivity index (χ2v) is 5.71. The molecule has 1 atom stereocenters. The van der Waals surface area contributed by atoms with Gasteiger partial charge in [-0.05, 0) is 48.3 Å². The van der Waals surface area contributed by atoms with Crippen LogP contribution >= 0.6 is 15.9 Å². The van der Waals surface area contributed by atoms with Crippen LogP contribution in [0.2, 0.25) is 0 Å². The van der Waals surface area contributed by atoms with Crippen molar-refractivity contribution in [2.24, 2.45) is 5.73 Å². The highest BCUT2D eigenvalue weighted by Crippen LogP contribution is 2.29. The van der Waals surface area contributed by atoms with E-state index in [2.05, 4.69) is 27.5 Å². The Balaban J connectivity index is 2.80. The van der Waals surface area contributed by atoms with Gasteiger partial charge in [0, 0.05) is 0 Å². The molecular formula is C13H17BrF2N2O. The molecule has 0 saturated carbocycles. The highest BCUT2D eigenvalue weighted by atomic mass is 79.9. The maximum Gasteiger partial charge on any atom is 0.284 e. The SMILES string of the molecule is C=C(C)CC(C)(N)COc1ccc(Br)nc1C(F)F. The fraction of sp³-hybridized carbons (Fsp3) is 0.462. The first-order valence-corrected chi connectivity index (χ1v) is 6.51. The largest absolute Gasteiger partial charge is 0.490 e. The molecule has 1 unspecified atom stereocenters. The van der Waals surface area contributed by atoms with E-state index in [-0.39, 0.29) is 18.1 Å². The maximum absolute atomic E-state index is 12.8. The molecule has 0 aromatic carbocycles. The molecular weight excluding hydrogens is 318 g/mol. The van der Waals surface area contributed by atoms with E-state index in [4.69, 9.17) is 10.5 Å². The Kier molecular flexibility index (Phi) is 5.43. The summed E-state index contributed by atoms with van der Waals surface area (Å²) in [6.07, 6.45) is -2.14. The van der Waals surface area contributed by atoms with Gasteiger partial charge in [-0.2, -0.15) is 0 Å². The van der Waals surface area contributed by atoms with Crippen molar-refractivity contribution in [3.05, 3.63) is 34.6 Å². The van der Waals surface area contributed by atoms with Crippen molar-refractivity contribution in [1.82, 2.24) is 4.98 Å². The molecule has 0 amide bonds. The number of hydrogen-bond donors (Lipinski definition) is 1. The van der Waals surface area contributed by atoms with Gasteiger partial charge in [0.1, 0.15) is 22.7 Å². The summed E-state index contributed by atoms with van der Waals surface area (Å²) >= 11 is 3.05. The van der Waals surface area contributed by atoms with Crippen molar-refractivity contribution in [2.75, 3.05) is 6.61 Å². The Morgan fingerprint density at radius 3 is 2.74 bits per heavy atom. The second-order valence-electron chi connectivity index (χ2n) is 4.89. The molecule has 0 aliphatic carbocycles. The first kappa shape index (κ1) is 16.0. The molecule has 0 saturated heterocycles. The van der Waals surface area contributed by atoms with Crippen LogP contribution in [0.25, 0.3) is 0 Å². The van der Waals surface area contributed by atoms with E-state index < -0.39 is 12.0 Å². The molecule has 0 spiro atoms. The number of nitrogens with zero attached hydrogens (tertiary/aromatic N) is 1. The van der Waals surface area contributed by atoms with Gasteiger partial charge in [-0.3, -0.25) is 0 Å². The predicted octanol–water partition coefficient (Wildman–Crippen LogP) is 3.84. The van der Waals surface area contributed by atoms with Crippen LogP contribution in [0.15, 0.2) is 28.9 Å². The molecule has 3 nitrogen and oxygen atoms in total. The molecule has 6 heteroatoms. The summed E-state index contributed by atoms with van der Waals surface area (Å²) in [7, 11) is 0. The van der Waals surface area contributed by atoms with Crippen LogP contribution < -0.4 is 10.5 Å². The number of aromatic nitrogens is 1. The average molecular weight is 335 g/mol. The van der Waals surface area contributed by atoms with Gasteiger partial charge in [0.05, 0.1) is 5.54 Å². The first-order valence-electron chi connectivity index (χ1n) is 5.72. The molecule has 0 radical (unpaired) electrons. The van der Waals surface area contributed by atoms with E-state index in [1.165, 1.54) is 6.07 Å². The standard InChI is InChI=1S/C13H17BrF2N2O/c1-8(2)6-13(3,17)7-19-9-4-5-10(14)18-11(9)12(15)16/h4-5,12H,1,6-7,17H2,2-3H3. The third-order valence-corrected chi connectivity index (χ3v) is 2.76. The average Bonchev–Trinajstić information content (AvgIpc) is 2.25. The smallest absolute Gasteiger partial charge is 0.284 e. The molecule has 2 N–H and O–H groups in total. The van der Waals surface area contributed by atoms with Gasteiger partial charge in [0.15, 0.2) is 0 Å². The van der Waals surface area contributed by atoms with Crippen LogP contribution in [0.5, 0.6) is 5.75 Å². The Morgan fingerprint density at radius 1 is 1.58 bits per heavy atom. The third kappa shape index (κ3) is 5.24. The minimum atomic E-state index is -2.70. The van der Waals surface area contributed by atoms with Gasteiger partial charge in [-0.1, -0.05) is 5.57 Å². The Hall–Kier alpha value is -1.01. The summed E-state index contributed by atoms with van der Waals surface area (Å²) in [5.41, 5.74) is 5.89. The number of ether oxygens (including phenoxy) is 1. The van der Waals surface area contributed by atoms with E-state index in [9.17, 15) is 8.78 Å². The van der Waals surface area contributed by atoms with Gasteiger partial charge in [0.2, 0.25) is 0 Å². The molecule has 0 bridgehead atoms. The number of pyridine rings is 1. The van der Waals surface area contributed by atoms with Gasteiger partial charge < -0.3 is 10.5 Å². The lowest BCUT2D eigenvalue weighted by molar-refractivity contribution is 0.135. The van der Waals surface area contributed by atoms with E-state index in [0.29, 0.717) is 11.0 Å².